The zero-order valence-electron chi connectivity index (χ0n) is 9.97. The summed E-state index contributed by atoms with van der Waals surface area (Å²) < 4.78 is 0.917. The minimum absolute atomic E-state index is 0.0314. The smallest absolute Gasteiger partial charge is 0.232 e. The molecule has 1 N–H and O–H groups in total. The Balaban J connectivity index is 2.07. The SMILES string of the molecule is CC1CC(=O)N(CC(O)c2ccc(Br)cc2)C1=O. The minimum atomic E-state index is -0.837. The average Bonchev–Trinajstić information content (AvgIpc) is 2.57. The lowest BCUT2D eigenvalue weighted by molar-refractivity contribution is -0.140. The number of amides is 2. The number of carbonyl (C=O) groups is 2. The highest BCUT2D eigenvalue weighted by Gasteiger charge is 2.36. The minimum Gasteiger partial charge on any atom is -0.387 e. The van der Waals surface area contributed by atoms with Crippen LogP contribution in [-0.2, 0) is 9.59 Å². The van der Waals surface area contributed by atoms with Crippen molar-refractivity contribution in [3.8, 4) is 0 Å². The molecule has 1 heterocycles. The Kier molecular flexibility index (Phi) is 3.82. The van der Waals surface area contributed by atoms with Gasteiger partial charge in [-0.2, -0.15) is 0 Å². The second-order valence-corrected chi connectivity index (χ2v) is 5.43. The van der Waals surface area contributed by atoms with Crippen molar-refractivity contribution in [3.05, 3.63) is 34.3 Å². The largest absolute Gasteiger partial charge is 0.387 e. The van der Waals surface area contributed by atoms with Gasteiger partial charge in [0.15, 0.2) is 0 Å². The second-order valence-electron chi connectivity index (χ2n) is 4.52. The molecule has 0 aliphatic carbocycles. The lowest BCUT2D eigenvalue weighted by atomic mass is 10.1. The highest BCUT2D eigenvalue weighted by molar-refractivity contribution is 9.10. The quantitative estimate of drug-likeness (QED) is 0.867. The molecule has 1 aromatic rings. The third kappa shape index (κ3) is 2.62. The Bertz CT molecular complexity index is 472. The molecule has 1 fully saturated rings. The third-order valence-corrected chi connectivity index (χ3v) is 3.61. The number of hydrogen-bond donors (Lipinski definition) is 1. The molecule has 0 aromatic heterocycles. The number of benzene rings is 1. The van der Waals surface area contributed by atoms with Gasteiger partial charge in [0.05, 0.1) is 12.6 Å². The molecule has 2 rings (SSSR count). The van der Waals surface area contributed by atoms with Crippen molar-refractivity contribution in [2.75, 3.05) is 6.54 Å². The van der Waals surface area contributed by atoms with Crippen molar-refractivity contribution in [2.45, 2.75) is 19.4 Å². The molecule has 2 atom stereocenters. The number of nitrogens with zero attached hydrogens (tertiary/aromatic N) is 1. The topological polar surface area (TPSA) is 57.6 Å². The van der Waals surface area contributed by atoms with Gasteiger partial charge in [0, 0.05) is 16.8 Å². The Morgan fingerprint density at radius 2 is 2.00 bits per heavy atom. The van der Waals surface area contributed by atoms with Crippen LogP contribution in [-0.4, -0.2) is 28.4 Å². The van der Waals surface area contributed by atoms with Crippen LogP contribution in [0.2, 0.25) is 0 Å². The lowest BCUT2D eigenvalue weighted by Crippen LogP contribution is -2.34. The van der Waals surface area contributed by atoms with Crippen LogP contribution in [0.1, 0.15) is 25.0 Å². The summed E-state index contributed by atoms with van der Waals surface area (Å²) in [6.07, 6.45) is -0.595. The van der Waals surface area contributed by atoms with E-state index in [2.05, 4.69) is 15.9 Å². The van der Waals surface area contributed by atoms with E-state index in [0.717, 1.165) is 9.37 Å². The van der Waals surface area contributed by atoms with Crippen molar-refractivity contribution in [1.29, 1.82) is 0 Å². The fourth-order valence-electron chi connectivity index (χ4n) is 2.00. The number of imide groups is 1. The highest BCUT2D eigenvalue weighted by atomic mass is 79.9. The maximum atomic E-state index is 11.7. The molecule has 1 aromatic carbocycles. The van der Waals surface area contributed by atoms with Gasteiger partial charge in [-0.25, -0.2) is 0 Å². The summed E-state index contributed by atoms with van der Waals surface area (Å²) in [6.45, 7) is 1.76. The monoisotopic (exact) mass is 311 g/mol. The lowest BCUT2D eigenvalue weighted by Gasteiger charge is -2.19. The summed E-state index contributed by atoms with van der Waals surface area (Å²) >= 11 is 3.31. The van der Waals surface area contributed by atoms with Crippen LogP contribution in [0.3, 0.4) is 0 Å². The molecule has 0 radical (unpaired) electrons. The molecule has 1 aliphatic rings. The van der Waals surface area contributed by atoms with Gasteiger partial charge in [-0.05, 0) is 17.7 Å². The molecule has 0 saturated carbocycles. The first-order valence-electron chi connectivity index (χ1n) is 5.76. The normalized spacial score (nSPS) is 21.5. The summed E-state index contributed by atoms with van der Waals surface area (Å²) in [5, 5.41) is 10.0. The molecular weight excluding hydrogens is 298 g/mol. The highest BCUT2D eigenvalue weighted by Crippen LogP contribution is 2.23. The zero-order chi connectivity index (χ0) is 13.3. The molecular formula is C13H14BrNO3. The molecule has 4 nitrogen and oxygen atoms in total. The Morgan fingerprint density at radius 3 is 2.50 bits per heavy atom. The van der Waals surface area contributed by atoms with E-state index < -0.39 is 6.10 Å². The molecule has 18 heavy (non-hydrogen) atoms. The molecule has 1 aliphatic heterocycles. The molecule has 96 valence electrons. The van der Waals surface area contributed by atoms with Crippen LogP contribution in [0.5, 0.6) is 0 Å². The van der Waals surface area contributed by atoms with Crippen LogP contribution >= 0.6 is 15.9 Å². The van der Waals surface area contributed by atoms with E-state index in [1.165, 1.54) is 0 Å². The van der Waals surface area contributed by atoms with Crippen LogP contribution in [0.4, 0.5) is 0 Å². The average molecular weight is 312 g/mol. The Hall–Kier alpha value is -1.20. The number of aliphatic hydroxyl groups is 1. The molecule has 2 unspecified atom stereocenters. The molecule has 0 bridgehead atoms. The summed E-state index contributed by atoms with van der Waals surface area (Å²) in [5.41, 5.74) is 0.693. The van der Waals surface area contributed by atoms with Gasteiger partial charge in [0.25, 0.3) is 0 Å². The molecule has 1 saturated heterocycles. The van der Waals surface area contributed by atoms with Crippen molar-refractivity contribution >= 4 is 27.7 Å². The predicted octanol–water partition coefficient (Wildman–Crippen LogP) is 1.88. The fraction of sp³-hybridized carbons (Fsp3) is 0.385. The van der Waals surface area contributed by atoms with Gasteiger partial charge < -0.3 is 5.11 Å². The van der Waals surface area contributed by atoms with E-state index >= 15 is 0 Å². The maximum absolute atomic E-state index is 11.7. The van der Waals surface area contributed by atoms with E-state index in [4.69, 9.17) is 0 Å². The van der Waals surface area contributed by atoms with Crippen LogP contribution in [0.15, 0.2) is 28.7 Å². The molecule has 2 amide bonds. The first-order valence-corrected chi connectivity index (χ1v) is 6.56. The van der Waals surface area contributed by atoms with E-state index in [0.29, 0.717) is 5.56 Å². The van der Waals surface area contributed by atoms with Crippen molar-refractivity contribution in [1.82, 2.24) is 4.90 Å². The van der Waals surface area contributed by atoms with Gasteiger partial charge in [-0.3, -0.25) is 14.5 Å². The molecule has 0 spiro atoms. The Labute approximate surface area is 114 Å². The summed E-state index contributed by atoms with van der Waals surface area (Å²) in [6, 6.07) is 7.16. The van der Waals surface area contributed by atoms with Gasteiger partial charge >= 0.3 is 0 Å². The van der Waals surface area contributed by atoms with Gasteiger partial charge in [0.1, 0.15) is 0 Å². The van der Waals surface area contributed by atoms with Crippen LogP contribution in [0.25, 0.3) is 0 Å². The summed E-state index contributed by atoms with van der Waals surface area (Å²) in [4.78, 5) is 24.5. The van der Waals surface area contributed by atoms with Crippen molar-refractivity contribution in [2.24, 2.45) is 5.92 Å². The van der Waals surface area contributed by atoms with E-state index in [1.807, 2.05) is 12.1 Å². The van der Waals surface area contributed by atoms with Crippen molar-refractivity contribution in [3.63, 3.8) is 0 Å². The maximum Gasteiger partial charge on any atom is 0.232 e. The third-order valence-electron chi connectivity index (χ3n) is 3.08. The van der Waals surface area contributed by atoms with Gasteiger partial charge in [-0.15, -0.1) is 0 Å². The van der Waals surface area contributed by atoms with E-state index in [9.17, 15) is 14.7 Å². The number of β-amino-alcohol motifs (C(OH)–C–C–N with tert-alkyl or cyclic N) is 1. The van der Waals surface area contributed by atoms with Crippen molar-refractivity contribution < 1.29 is 14.7 Å². The van der Waals surface area contributed by atoms with Gasteiger partial charge in [-0.1, -0.05) is 35.0 Å². The fourth-order valence-corrected chi connectivity index (χ4v) is 2.27. The van der Waals surface area contributed by atoms with Gasteiger partial charge in [0.2, 0.25) is 11.8 Å². The Morgan fingerprint density at radius 1 is 1.39 bits per heavy atom. The number of aliphatic hydroxyl groups excluding tert-OH is 1. The van der Waals surface area contributed by atoms with Crippen LogP contribution < -0.4 is 0 Å². The number of likely N-dealkylation sites (tertiary alicyclic amines) is 1. The number of carbonyl (C=O) groups excluding carboxylic acids is 2. The number of halogens is 1. The standard InChI is InChI=1S/C13H14BrNO3/c1-8-6-12(17)15(13(8)18)7-11(16)9-2-4-10(14)5-3-9/h2-5,8,11,16H,6-7H2,1H3. The number of rotatable bonds is 3. The first kappa shape index (κ1) is 13.2. The van der Waals surface area contributed by atoms with Crippen LogP contribution in [0, 0.1) is 5.92 Å². The number of hydrogen-bond acceptors (Lipinski definition) is 3. The van der Waals surface area contributed by atoms with E-state index in [-0.39, 0.29) is 30.7 Å². The summed E-state index contributed by atoms with van der Waals surface area (Å²) in [5.74, 6) is -0.672. The van der Waals surface area contributed by atoms with E-state index in [1.54, 1.807) is 19.1 Å². The second kappa shape index (κ2) is 5.20. The zero-order valence-corrected chi connectivity index (χ0v) is 11.6. The molecule has 5 heteroatoms. The first-order chi connectivity index (χ1) is 8.49. The predicted molar refractivity (Wildman–Crippen MR) is 69.6 cm³/mol. The summed E-state index contributed by atoms with van der Waals surface area (Å²) in [7, 11) is 0.